The molecule has 9 heteroatoms. The van der Waals surface area contributed by atoms with Gasteiger partial charge in [-0.1, -0.05) is 42.9 Å². The lowest BCUT2D eigenvalue weighted by Crippen LogP contribution is -2.68. The molecule has 170 valence electrons. The van der Waals surface area contributed by atoms with Crippen molar-refractivity contribution < 1.29 is 29.0 Å². The maximum atomic E-state index is 12.6. The number of β-lactam (4-membered cyclic amide) rings is 1. The van der Waals surface area contributed by atoms with E-state index in [2.05, 4.69) is 0 Å². The molecule has 0 saturated carbocycles. The molecule has 1 aliphatic heterocycles. The van der Waals surface area contributed by atoms with E-state index in [0.29, 0.717) is 9.89 Å². The highest BCUT2D eigenvalue weighted by Crippen LogP contribution is 2.36. The SMILES string of the molecule is C[C@@H](O)[C@H]1C(=O)N(CC(=O)OCOC(=O)C(C)(C)C)[C@@H]1[C@@H](C)C(=S)c1ccc(Cl)cc1. The van der Waals surface area contributed by atoms with Gasteiger partial charge in [0.25, 0.3) is 0 Å². The van der Waals surface area contributed by atoms with Gasteiger partial charge in [0.2, 0.25) is 12.7 Å². The minimum absolute atomic E-state index is 0.306. The fourth-order valence-corrected chi connectivity index (χ4v) is 3.84. The summed E-state index contributed by atoms with van der Waals surface area (Å²) in [6.07, 6.45) is -0.895. The number of hydrogen-bond donors (Lipinski definition) is 1. The minimum atomic E-state index is -0.895. The van der Waals surface area contributed by atoms with E-state index in [1.165, 1.54) is 11.8 Å². The smallest absolute Gasteiger partial charge is 0.328 e. The van der Waals surface area contributed by atoms with Gasteiger partial charge in [0.15, 0.2) is 0 Å². The summed E-state index contributed by atoms with van der Waals surface area (Å²) in [5, 5.41) is 10.7. The first-order valence-corrected chi connectivity index (χ1v) is 10.7. The molecule has 0 bridgehead atoms. The molecule has 1 aliphatic rings. The van der Waals surface area contributed by atoms with Crippen molar-refractivity contribution in [2.45, 2.75) is 46.8 Å². The summed E-state index contributed by atoms with van der Waals surface area (Å²) < 4.78 is 9.88. The number of carbonyl (C=O) groups excluding carboxylic acids is 3. The number of likely N-dealkylation sites (tertiary alicyclic amines) is 1. The Hall–Kier alpha value is -2.03. The summed E-state index contributed by atoms with van der Waals surface area (Å²) in [6, 6.07) is 6.56. The van der Waals surface area contributed by atoms with Crippen LogP contribution in [0.4, 0.5) is 0 Å². The van der Waals surface area contributed by atoms with Crippen LogP contribution < -0.4 is 0 Å². The largest absolute Gasteiger partial charge is 0.427 e. The number of carbonyl (C=O) groups is 3. The Morgan fingerprint density at radius 3 is 2.29 bits per heavy atom. The van der Waals surface area contributed by atoms with Crippen LogP contribution in [-0.4, -0.2) is 58.2 Å². The number of aliphatic hydroxyl groups excluding tert-OH is 1. The van der Waals surface area contributed by atoms with Crippen molar-refractivity contribution in [2.24, 2.45) is 17.3 Å². The Balaban J connectivity index is 2.05. The van der Waals surface area contributed by atoms with E-state index in [1.54, 1.807) is 45.0 Å². The monoisotopic (exact) mass is 469 g/mol. The number of benzene rings is 1. The minimum Gasteiger partial charge on any atom is -0.427 e. The number of nitrogens with zero attached hydrogens (tertiary/aromatic N) is 1. The highest BCUT2D eigenvalue weighted by Gasteiger charge is 2.53. The van der Waals surface area contributed by atoms with Gasteiger partial charge in [-0.25, -0.2) is 0 Å². The van der Waals surface area contributed by atoms with Gasteiger partial charge in [-0.2, -0.15) is 0 Å². The van der Waals surface area contributed by atoms with E-state index in [9.17, 15) is 19.5 Å². The first kappa shape index (κ1) is 25.2. The molecule has 1 aromatic carbocycles. The Labute approximate surface area is 192 Å². The van der Waals surface area contributed by atoms with E-state index in [-0.39, 0.29) is 18.4 Å². The standard InChI is InChI=1S/C22H28ClNO6S/c1-12(19(31)14-6-8-15(23)9-7-14)18-17(13(2)25)20(27)24(18)10-16(26)29-11-30-21(28)22(3,4)5/h6-9,12-13,17-18,25H,10-11H2,1-5H3/t12-,13-,17-,18-/m1/s1. The van der Waals surface area contributed by atoms with Crippen molar-refractivity contribution in [2.75, 3.05) is 13.3 Å². The van der Waals surface area contributed by atoms with E-state index < -0.39 is 42.2 Å². The van der Waals surface area contributed by atoms with Gasteiger partial charge in [0.05, 0.1) is 23.5 Å². The van der Waals surface area contributed by atoms with Gasteiger partial charge < -0.3 is 19.5 Å². The normalized spacial score (nSPS) is 20.5. The van der Waals surface area contributed by atoms with Crippen molar-refractivity contribution >= 4 is 46.5 Å². The molecular weight excluding hydrogens is 442 g/mol. The van der Waals surface area contributed by atoms with Crippen LogP contribution in [0.3, 0.4) is 0 Å². The van der Waals surface area contributed by atoms with Crippen LogP contribution in [0.25, 0.3) is 0 Å². The molecule has 1 amide bonds. The molecule has 0 unspecified atom stereocenters. The highest BCUT2D eigenvalue weighted by molar-refractivity contribution is 7.80. The third-order valence-electron chi connectivity index (χ3n) is 5.19. The van der Waals surface area contributed by atoms with Gasteiger partial charge in [0.1, 0.15) is 6.54 Å². The molecule has 1 aromatic rings. The van der Waals surface area contributed by atoms with Crippen LogP contribution in [0.1, 0.15) is 40.2 Å². The number of rotatable bonds is 8. The molecule has 1 heterocycles. The summed E-state index contributed by atoms with van der Waals surface area (Å²) in [7, 11) is 0. The van der Waals surface area contributed by atoms with Crippen molar-refractivity contribution in [3.8, 4) is 0 Å². The summed E-state index contributed by atoms with van der Waals surface area (Å²) in [5.74, 6) is -2.55. The summed E-state index contributed by atoms with van der Waals surface area (Å²) in [5.41, 5.74) is 0.0644. The second-order valence-corrected chi connectivity index (χ2v) is 9.58. The van der Waals surface area contributed by atoms with Gasteiger partial charge in [-0.05, 0) is 45.4 Å². The zero-order valence-electron chi connectivity index (χ0n) is 18.3. The average Bonchev–Trinajstić information content (AvgIpc) is 2.68. The average molecular weight is 470 g/mol. The van der Waals surface area contributed by atoms with Crippen molar-refractivity contribution in [1.82, 2.24) is 4.90 Å². The fourth-order valence-electron chi connectivity index (χ4n) is 3.43. The number of esters is 2. The second kappa shape index (κ2) is 10.1. The number of aliphatic hydroxyl groups is 1. The summed E-state index contributed by atoms with van der Waals surface area (Å²) >= 11 is 11.5. The van der Waals surface area contributed by atoms with E-state index in [4.69, 9.17) is 33.3 Å². The van der Waals surface area contributed by atoms with Crippen LogP contribution in [0.2, 0.25) is 5.02 Å². The molecule has 0 spiro atoms. The third kappa shape index (κ3) is 6.02. The second-order valence-electron chi connectivity index (χ2n) is 8.70. The van der Waals surface area contributed by atoms with E-state index in [0.717, 1.165) is 5.56 Å². The number of ether oxygens (including phenoxy) is 2. The van der Waals surface area contributed by atoms with Crippen LogP contribution in [-0.2, 0) is 23.9 Å². The molecule has 1 N–H and O–H groups in total. The Morgan fingerprint density at radius 2 is 1.77 bits per heavy atom. The first-order valence-electron chi connectivity index (χ1n) is 9.95. The lowest BCUT2D eigenvalue weighted by Gasteiger charge is -2.50. The Morgan fingerprint density at radius 1 is 1.19 bits per heavy atom. The molecule has 0 aromatic heterocycles. The van der Waals surface area contributed by atoms with Crippen molar-refractivity contribution in [3.05, 3.63) is 34.9 Å². The quantitative estimate of drug-likeness (QED) is 0.206. The highest BCUT2D eigenvalue weighted by atomic mass is 35.5. The molecule has 4 atom stereocenters. The number of amides is 1. The zero-order valence-corrected chi connectivity index (χ0v) is 19.8. The van der Waals surface area contributed by atoms with Crippen LogP contribution in [0.15, 0.2) is 24.3 Å². The van der Waals surface area contributed by atoms with Gasteiger partial charge in [0, 0.05) is 15.8 Å². The van der Waals surface area contributed by atoms with Gasteiger partial charge in [-0.15, -0.1) is 0 Å². The summed E-state index contributed by atoms with van der Waals surface area (Å²) in [4.78, 5) is 38.5. The van der Waals surface area contributed by atoms with Crippen LogP contribution in [0, 0.1) is 17.3 Å². The number of thiocarbonyl (C=S) groups is 1. The maximum absolute atomic E-state index is 12.6. The molecule has 1 fully saturated rings. The molecular formula is C22H28ClNO6S. The molecule has 7 nitrogen and oxygen atoms in total. The predicted molar refractivity (Wildman–Crippen MR) is 119 cm³/mol. The van der Waals surface area contributed by atoms with E-state index >= 15 is 0 Å². The van der Waals surface area contributed by atoms with Crippen LogP contribution in [0.5, 0.6) is 0 Å². The molecule has 1 saturated heterocycles. The number of hydrogen-bond acceptors (Lipinski definition) is 7. The summed E-state index contributed by atoms with van der Waals surface area (Å²) in [6.45, 7) is 7.58. The van der Waals surface area contributed by atoms with Crippen molar-refractivity contribution in [3.63, 3.8) is 0 Å². The van der Waals surface area contributed by atoms with Crippen LogP contribution >= 0.6 is 23.8 Å². The molecule has 0 radical (unpaired) electrons. The Bertz CT molecular complexity index is 849. The van der Waals surface area contributed by atoms with Gasteiger partial charge in [-0.3, -0.25) is 14.4 Å². The predicted octanol–water partition coefficient (Wildman–Crippen LogP) is 2.99. The topological polar surface area (TPSA) is 93.1 Å². The first-order chi connectivity index (χ1) is 14.3. The fraction of sp³-hybridized carbons (Fsp3) is 0.545. The number of halogens is 1. The molecule has 2 rings (SSSR count). The lowest BCUT2D eigenvalue weighted by atomic mass is 9.74. The zero-order chi connectivity index (χ0) is 23.5. The van der Waals surface area contributed by atoms with Gasteiger partial charge >= 0.3 is 11.9 Å². The molecule has 31 heavy (non-hydrogen) atoms. The maximum Gasteiger partial charge on any atom is 0.328 e. The van der Waals surface area contributed by atoms with Crippen molar-refractivity contribution in [1.29, 1.82) is 0 Å². The Kier molecular flexibility index (Phi) is 8.19. The lowest BCUT2D eigenvalue weighted by molar-refractivity contribution is -0.181. The van der Waals surface area contributed by atoms with E-state index in [1.807, 2.05) is 6.92 Å². The molecule has 0 aliphatic carbocycles. The third-order valence-corrected chi connectivity index (χ3v) is 6.05.